The van der Waals surface area contributed by atoms with E-state index in [1.54, 1.807) is 27.7 Å². The van der Waals surface area contributed by atoms with E-state index in [4.69, 9.17) is 14.9 Å². The first-order valence-corrected chi connectivity index (χ1v) is 5.70. The summed E-state index contributed by atoms with van der Waals surface area (Å²) in [6, 6.07) is 0. The molecule has 0 saturated heterocycles. The quantitative estimate of drug-likeness (QED) is 0.535. The van der Waals surface area contributed by atoms with E-state index < -0.39 is 35.6 Å². The lowest BCUT2D eigenvalue weighted by Crippen LogP contribution is -2.61. The average molecular weight is 250 g/mol. The van der Waals surface area contributed by atoms with E-state index >= 15 is 0 Å². The van der Waals surface area contributed by atoms with Crippen molar-refractivity contribution in [2.24, 2.45) is 0 Å². The number of hydrogen-bond donors (Lipinski definition) is 4. The number of aliphatic hydroxyl groups excluding tert-OH is 2. The largest absolute Gasteiger partial charge is 0.393 e. The van der Waals surface area contributed by atoms with E-state index in [-0.39, 0.29) is 0 Å². The molecule has 0 aliphatic rings. The fourth-order valence-electron chi connectivity index (χ4n) is 1.24. The minimum absolute atomic E-state index is 0.461. The Bertz CT molecular complexity index is 230. The van der Waals surface area contributed by atoms with E-state index in [0.29, 0.717) is 0 Å². The van der Waals surface area contributed by atoms with Crippen molar-refractivity contribution in [2.45, 2.75) is 63.9 Å². The second-order valence-electron chi connectivity index (χ2n) is 5.99. The highest BCUT2D eigenvalue weighted by Gasteiger charge is 2.49. The molecule has 0 aliphatic carbocycles. The number of hydrogen-bond acceptors (Lipinski definition) is 5. The summed E-state index contributed by atoms with van der Waals surface area (Å²) in [6.45, 7) is 8.48. The first-order valence-electron chi connectivity index (χ1n) is 5.70. The van der Waals surface area contributed by atoms with Crippen LogP contribution in [-0.4, -0.2) is 56.0 Å². The van der Waals surface area contributed by atoms with Crippen LogP contribution in [0.4, 0.5) is 0 Å². The van der Waals surface area contributed by atoms with Crippen LogP contribution in [0.3, 0.4) is 0 Å². The van der Waals surface area contributed by atoms with Crippen LogP contribution >= 0.6 is 0 Å². The fraction of sp³-hybridized carbons (Fsp3) is 1.00. The third kappa shape index (κ3) is 3.39. The standard InChI is InChI=1S/C12H26O5/c1-9(2,11(5,15)7-13)17-10(3,4)12(6,16)8-14/h13-16H,7-8H2,1-6H3. The summed E-state index contributed by atoms with van der Waals surface area (Å²) >= 11 is 0. The van der Waals surface area contributed by atoms with Crippen molar-refractivity contribution >= 4 is 0 Å². The third-order valence-corrected chi connectivity index (χ3v) is 3.72. The molecule has 2 unspecified atom stereocenters. The van der Waals surface area contributed by atoms with Gasteiger partial charge in [-0.3, -0.25) is 0 Å². The van der Waals surface area contributed by atoms with Crippen molar-refractivity contribution in [2.75, 3.05) is 13.2 Å². The van der Waals surface area contributed by atoms with Gasteiger partial charge in [0.2, 0.25) is 0 Å². The zero-order valence-electron chi connectivity index (χ0n) is 11.6. The molecule has 0 rings (SSSR count). The second kappa shape index (κ2) is 4.82. The molecule has 5 nitrogen and oxygen atoms in total. The molecule has 5 heteroatoms. The molecule has 2 atom stereocenters. The monoisotopic (exact) mass is 250 g/mol. The van der Waals surface area contributed by atoms with Gasteiger partial charge in [0.15, 0.2) is 0 Å². The molecule has 104 valence electrons. The molecular formula is C12H26O5. The van der Waals surface area contributed by atoms with Crippen LogP contribution in [0.2, 0.25) is 0 Å². The van der Waals surface area contributed by atoms with Gasteiger partial charge in [-0.05, 0) is 41.5 Å². The Morgan fingerprint density at radius 2 is 0.941 bits per heavy atom. The zero-order valence-corrected chi connectivity index (χ0v) is 11.6. The minimum atomic E-state index is -1.45. The van der Waals surface area contributed by atoms with Crippen molar-refractivity contribution in [1.29, 1.82) is 0 Å². The van der Waals surface area contributed by atoms with Crippen LogP contribution in [0.5, 0.6) is 0 Å². The van der Waals surface area contributed by atoms with E-state index in [9.17, 15) is 10.2 Å². The van der Waals surface area contributed by atoms with Gasteiger partial charge in [0.25, 0.3) is 0 Å². The summed E-state index contributed by atoms with van der Waals surface area (Å²) in [5, 5.41) is 38.4. The minimum Gasteiger partial charge on any atom is -0.393 e. The molecule has 0 aromatic carbocycles. The maximum Gasteiger partial charge on any atom is 0.113 e. The van der Waals surface area contributed by atoms with Gasteiger partial charge in [-0.1, -0.05) is 0 Å². The molecule has 0 aliphatic heterocycles. The molecule has 0 amide bonds. The molecule has 0 aromatic heterocycles. The van der Waals surface area contributed by atoms with Crippen LogP contribution in [0.15, 0.2) is 0 Å². The number of ether oxygens (including phenoxy) is 1. The predicted molar refractivity (Wildman–Crippen MR) is 64.7 cm³/mol. The van der Waals surface area contributed by atoms with Crippen molar-refractivity contribution in [3.63, 3.8) is 0 Å². The Kier molecular flexibility index (Phi) is 4.76. The Labute approximate surface area is 103 Å². The highest BCUT2D eigenvalue weighted by molar-refractivity contribution is 4.98. The highest BCUT2D eigenvalue weighted by atomic mass is 16.6. The van der Waals surface area contributed by atoms with Gasteiger partial charge in [-0.15, -0.1) is 0 Å². The summed E-state index contributed by atoms with van der Waals surface area (Å²) in [5.41, 5.74) is -5.06. The Balaban J connectivity index is 5.07. The average Bonchev–Trinajstić information content (AvgIpc) is 2.15. The molecular weight excluding hydrogens is 224 g/mol. The summed E-state index contributed by atoms with van der Waals surface area (Å²) in [5.74, 6) is 0. The molecule has 0 aromatic rings. The van der Waals surface area contributed by atoms with Crippen molar-refractivity contribution in [1.82, 2.24) is 0 Å². The van der Waals surface area contributed by atoms with Gasteiger partial charge in [-0.25, -0.2) is 0 Å². The van der Waals surface area contributed by atoms with E-state index in [1.807, 2.05) is 0 Å². The topological polar surface area (TPSA) is 90.2 Å². The van der Waals surface area contributed by atoms with Gasteiger partial charge < -0.3 is 25.2 Å². The maximum atomic E-state index is 10.0. The maximum absolute atomic E-state index is 10.0. The number of rotatable bonds is 6. The van der Waals surface area contributed by atoms with Gasteiger partial charge in [-0.2, -0.15) is 0 Å². The Hall–Kier alpha value is -0.200. The third-order valence-electron chi connectivity index (χ3n) is 3.72. The smallest absolute Gasteiger partial charge is 0.113 e. The predicted octanol–water partition coefficient (Wildman–Crippen LogP) is 0.0468. The van der Waals surface area contributed by atoms with E-state index in [2.05, 4.69) is 0 Å². The van der Waals surface area contributed by atoms with Crippen molar-refractivity contribution < 1.29 is 25.2 Å². The highest BCUT2D eigenvalue weighted by Crippen LogP contribution is 2.35. The normalized spacial score (nSPS) is 20.8. The second-order valence-corrected chi connectivity index (χ2v) is 5.99. The SMILES string of the molecule is CC(O)(CO)C(C)(C)OC(C)(C)C(C)(O)CO. The fourth-order valence-corrected chi connectivity index (χ4v) is 1.24. The van der Waals surface area contributed by atoms with Crippen LogP contribution in [0, 0.1) is 0 Å². The van der Waals surface area contributed by atoms with Gasteiger partial charge in [0, 0.05) is 0 Å². The number of aliphatic hydroxyl groups is 4. The van der Waals surface area contributed by atoms with Crippen LogP contribution in [0.25, 0.3) is 0 Å². The van der Waals surface area contributed by atoms with Crippen molar-refractivity contribution in [3.05, 3.63) is 0 Å². The molecule has 0 bridgehead atoms. The lowest BCUT2D eigenvalue weighted by molar-refractivity contribution is -0.268. The first kappa shape index (κ1) is 16.8. The van der Waals surface area contributed by atoms with Crippen molar-refractivity contribution in [3.8, 4) is 0 Å². The molecule has 17 heavy (non-hydrogen) atoms. The first-order chi connectivity index (χ1) is 7.33. The molecule has 0 saturated carbocycles. The van der Waals surface area contributed by atoms with Gasteiger partial charge in [0.1, 0.15) is 11.2 Å². The Morgan fingerprint density at radius 1 is 0.706 bits per heavy atom. The van der Waals surface area contributed by atoms with E-state index in [0.717, 1.165) is 0 Å². The molecule has 0 radical (unpaired) electrons. The summed E-state index contributed by atoms with van der Waals surface area (Å²) in [4.78, 5) is 0. The van der Waals surface area contributed by atoms with Gasteiger partial charge in [0.05, 0.1) is 24.4 Å². The summed E-state index contributed by atoms with van der Waals surface area (Å²) in [7, 11) is 0. The lowest BCUT2D eigenvalue weighted by Gasteiger charge is -2.48. The van der Waals surface area contributed by atoms with Crippen LogP contribution in [-0.2, 0) is 4.74 Å². The summed E-state index contributed by atoms with van der Waals surface area (Å²) < 4.78 is 5.72. The van der Waals surface area contributed by atoms with Gasteiger partial charge >= 0.3 is 0 Å². The molecule has 4 N–H and O–H groups in total. The van der Waals surface area contributed by atoms with Crippen LogP contribution < -0.4 is 0 Å². The summed E-state index contributed by atoms with van der Waals surface area (Å²) in [6.07, 6.45) is 0. The van der Waals surface area contributed by atoms with E-state index in [1.165, 1.54) is 13.8 Å². The van der Waals surface area contributed by atoms with Crippen LogP contribution in [0.1, 0.15) is 41.5 Å². The molecule has 0 fully saturated rings. The lowest BCUT2D eigenvalue weighted by atomic mass is 9.83. The molecule has 0 spiro atoms. The molecule has 0 heterocycles. The Morgan fingerprint density at radius 3 is 1.12 bits per heavy atom. The zero-order chi connectivity index (χ0) is 14.1.